The van der Waals surface area contributed by atoms with Crippen LogP contribution in [0.1, 0.15) is 31.4 Å². The number of nitriles is 1. The molecule has 0 radical (unpaired) electrons. The number of ether oxygens (including phenoxy) is 2. The summed E-state index contributed by atoms with van der Waals surface area (Å²) in [6, 6.07) is 12.4. The van der Waals surface area contributed by atoms with Gasteiger partial charge < -0.3 is 19.5 Å². The lowest BCUT2D eigenvalue weighted by atomic mass is 9.87. The molecule has 7 rings (SSSR count). The second-order valence-electron chi connectivity index (χ2n) is 11.0. The molecule has 2 bridgehead atoms. The van der Waals surface area contributed by atoms with Crippen molar-refractivity contribution in [1.29, 1.82) is 5.26 Å². The molecule has 0 amide bonds. The lowest BCUT2D eigenvalue weighted by molar-refractivity contribution is -0.00876. The highest BCUT2D eigenvalue weighted by atomic mass is 19.1. The maximum Gasteiger partial charge on any atom is 0.251 e. The van der Waals surface area contributed by atoms with Crippen LogP contribution in [0.3, 0.4) is 0 Å². The molecule has 7 heterocycles. The molecule has 4 aromatic heterocycles. The van der Waals surface area contributed by atoms with Crippen molar-refractivity contribution >= 4 is 11.3 Å². The molecule has 0 aromatic carbocycles. The molecule has 10 nitrogen and oxygen atoms in total. The largest absolute Gasteiger partial charge is 0.489 e. The molecule has 2 atom stereocenters. The van der Waals surface area contributed by atoms with Gasteiger partial charge in [-0.2, -0.15) is 9.65 Å². The number of rotatable bonds is 8. The van der Waals surface area contributed by atoms with E-state index in [-0.39, 0.29) is 12.2 Å². The number of pyridine rings is 3. The van der Waals surface area contributed by atoms with E-state index in [2.05, 4.69) is 25.9 Å². The Kier molecular flexibility index (Phi) is 6.52. The first-order valence-corrected chi connectivity index (χ1v) is 13.2. The van der Waals surface area contributed by atoms with E-state index in [0.29, 0.717) is 40.4 Å². The summed E-state index contributed by atoms with van der Waals surface area (Å²) in [5, 5.41) is 23.5. The average molecular weight is 544 g/mol. The van der Waals surface area contributed by atoms with E-state index in [1.165, 1.54) is 16.3 Å². The van der Waals surface area contributed by atoms with E-state index < -0.39 is 11.5 Å². The van der Waals surface area contributed by atoms with E-state index in [1.54, 1.807) is 33.2 Å². The van der Waals surface area contributed by atoms with Gasteiger partial charge in [-0.3, -0.25) is 4.90 Å². The Bertz CT molecular complexity index is 1560. The molecular formula is C29H30FN7O3. The summed E-state index contributed by atoms with van der Waals surface area (Å²) in [5.74, 6) is 1.03. The highest BCUT2D eigenvalue weighted by molar-refractivity contribution is 5.85. The minimum Gasteiger partial charge on any atom is -0.489 e. The maximum absolute atomic E-state index is 14.5. The maximum atomic E-state index is 14.5. The second-order valence-corrected chi connectivity index (χ2v) is 11.0. The predicted molar refractivity (Wildman–Crippen MR) is 146 cm³/mol. The SMILES string of the molecule is COc1ccc(CN2C3CC2CN(c2ccc(-c4cc(OCC(C)(C)O)cn5nc(F)c(C#N)c45)cn2)C3)cn1. The summed E-state index contributed by atoms with van der Waals surface area (Å²) in [4.78, 5) is 13.9. The van der Waals surface area contributed by atoms with Gasteiger partial charge in [-0.15, -0.1) is 5.10 Å². The van der Waals surface area contributed by atoms with Crippen molar-refractivity contribution in [3.8, 4) is 28.8 Å². The summed E-state index contributed by atoms with van der Waals surface area (Å²) >= 11 is 0. The molecule has 0 aliphatic carbocycles. The Morgan fingerprint density at radius 1 is 1.15 bits per heavy atom. The molecule has 2 unspecified atom stereocenters. The number of hydrogen-bond donors (Lipinski definition) is 1. The van der Waals surface area contributed by atoms with E-state index in [4.69, 9.17) is 14.5 Å². The van der Waals surface area contributed by atoms with Crippen LogP contribution in [0.5, 0.6) is 11.6 Å². The number of hydrogen-bond acceptors (Lipinski definition) is 9. The molecule has 1 N–H and O–H groups in total. The zero-order chi connectivity index (χ0) is 28.0. The number of anilines is 1. The first-order chi connectivity index (χ1) is 19.2. The number of piperazine rings is 1. The van der Waals surface area contributed by atoms with Crippen LogP contribution in [0, 0.1) is 17.3 Å². The Hall–Kier alpha value is -4.27. The van der Waals surface area contributed by atoms with E-state index in [9.17, 15) is 14.8 Å². The average Bonchev–Trinajstić information content (AvgIpc) is 3.29. The number of aliphatic hydroxyl groups is 1. The van der Waals surface area contributed by atoms with Crippen molar-refractivity contribution in [2.45, 2.75) is 44.5 Å². The second kappa shape index (κ2) is 10.0. The van der Waals surface area contributed by atoms with Gasteiger partial charge in [0.05, 0.1) is 24.4 Å². The van der Waals surface area contributed by atoms with E-state index >= 15 is 0 Å². The fraction of sp³-hybridized carbons (Fsp3) is 0.379. The lowest BCUT2D eigenvalue weighted by Crippen LogP contribution is -2.68. The molecule has 206 valence electrons. The van der Waals surface area contributed by atoms with Gasteiger partial charge >= 0.3 is 0 Å². The quantitative estimate of drug-likeness (QED) is 0.357. The summed E-state index contributed by atoms with van der Waals surface area (Å²) in [6.45, 7) is 5.92. The fourth-order valence-corrected chi connectivity index (χ4v) is 5.49. The number of nitrogens with zero attached hydrogens (tertiary/aromatic N) is 7. The van der Waals surface area contributed by atoms with Crippen molar-refractivity contribution in [2.75, 3.05) is 31.7 Å². The van der Waals surface area contributed by atoms with Crippen molar-refractivity contribution in [1.82, 2.24) is 24.5 Å². The molecular weight excluding hydrogens is 513 g/mol. The van der Waals surface area contributed by atoms with Crippen molar-refractivity contribution in [3.05, 3.63) is 66.0 Å². The molecule has 0 spiro atoms. The van der Waals surface area contributed by atoms with Crippen LogP contribution in [0.15, 0.2) is 48.9 Å². The van der Waals surface area contributed by atoms with Crippen LogP contribution >= 0.6 is 0 Å². The van der Waals surface area contributed by atoms with Crippen molar-refractivity contribution in [2.24, 2.45) is 0 Å². The predicted octanol–water partition coefficient (Wildman–Crippen LogP) is 3.42. The van der Waals surface area contributed by atoms with Gasteiger partial charge in [0, 0.05) is 61.3 Å². The van der Waals surface area contributed by atoms with Crippen LogP contribution in [0.4, 0.5) is 10.2 Å². The van der Waals surface area contributed by atoms with Gasteiger partial charge in [0.25, 0.3) is 5.95 Å². The number of methoxy groups -OCH3 is 1. The third kappa shape index (κ3) is 4.92. The Labute approximate surface area is 231 Å². The third-order valence-corrected chi connectivity index (χ3v) is 7.46. The molecule has 3 saturated heterocycles. The van der Waals surface area contributed by atoms with Crippen LogP contribution in [0.2, 0.25) is 0 Å². The number of halogens is 1. The normalized spacial score (nSPS) is 18.9. The first-order valence-electron chi connectivity index (χ1n) is 13.2. The van der Waals surface area contributed by atoms with Crippen molar-refractivity contribution < 1.29 is 19.0 Å². The number of aromatic nitrogens is 4. The molecule has 3 fully saturated rings. The topological polar surface area (TPSA) is 112 Å². The minimum atomic E-state index is -1.05. The fourth-order valence-electron chi connectivity index (χ4n) is 5.49. The monoisotopic (exact) mass is 543 g/mol. The molecule has 11 heteroatoms. The van der Waals surface area contributed by atoms with Gasteiger partial charge in [-0.1, -0.05) is 6.07 Å². The van der Waals surface area contributed by atoms with E-state index in [0.717, 1.165) is 31.9 Å². The number of fused-ring (bicyclic) bond motifs is 3. The van der Waals surface area contributed by atoms with Crippen molar-refractivity contribution in [3.63, 3.8) is 0 Å². The van der Waals surface area contributed by atoms with Crippen LogP contribution < -0.4 is 14.4 Å². The van der Waals surface area contributed by atoms with Gasteiger partial charge in [-0.25, -0.2) is 14.5 Å². The number of piperidine rings is 1. The Balaban J connectivity index is 1.21. The van der Waals surface area contributed by atoms with Crippen LogP contribution in [-0.2, 0) is 6.54 Å². The van der Waals surface area contributed by atoms with Gasteiger partial charge in [-0.05, 0) is 44.0 Å². The zero-order valence-electron chi connectivity index (χ0n) is 22.6. The van der Waals surface area contributed by atoms with Gasteiger partial charge in [0.15, 0.2) is 0 Å². The highest BCUT2D eigenvalue weighted by Crippen LogP contribution is 2.37. The molecule has 40 heavy (non-hydrogen) atoms. The first kappa shape index (κ1) is 26.0. The minimum absolute atomic E-state index is 0.0350. The van der Waals surface area contributed by atoms with Crippen LogP contribution in [0.25, 0.3) is 16.6 Å². The smallest absolute Gasteiger partial charge is 0.251 e. The Morgan fingerprint density at radius 3 is 2.58 bits per heavy atom. The molecule has 0 saturated carbocycles. The Morgan fingerprint density at radius 2 is 1.95 bits per heavy atom. The summed E-state index contributed by atoms with van der Waals surface area (Å²) in [6.07, 6.45) is 6.27. The van der Waals surface area contributed by atoms with Gasteiger partial charge in [0.2, 0.25) is 5.88 Å². The summed E-state index contributed by atoms with van der Waals surface area (Å²) in [5.41, 5.74) is 1.58. The summed E-state index contributed by atoms with van der Waals surface area (Å²) in [7, 11) is 1.62. The molecule has 3 aliphatic heterocycles. The third-order valence-electron chi connectivity index (χ3n) is 7.46. The van der Waals surface area contributed by atoms with E-state index in [1.807, 2.05) is 30.5 Å². The molecule has 3 aliphatic rings. The highest BCUT2D eigenvalue weighted by Gasteiger charge is 2.44. The standard InChI is InChI=1S/C29H30FN7O3/c1-29(2,38)17-40-22-9-23(27-24(10-31)28(30)34-37(27)16-22)19-5-6-25(32-12-19)35-14-20-8-21(15-35)36(20)13-18-4-7-26(39-3)33-11-18/h4-7,9,11-12,16,20-21,38H,8,13-15,17H2,1-3H3. The zero-order valence-corrected chi connectivity index (χ0v) is 22.6. The summed E-state index contributed by atoms with van der Waals surface area (Å²) < 4.78 is 26.7. The lowest BCUT2D eigenvalue weighted by Gasteiger charge is -2.56. The molecule has 4 aromatic rings. The van der Waals surface area contributed by atoms with Crippen LogP contribution in [-0.4, -0.2) is 74.1 Å². The van der Waals surface area contributed by atoms with Gasteiger partial charge in [0.1, 0.15) is 29.8 Å².